The first-order chi connectivity index (χ1) is 9.66. The molecule has 0 aliphatic carbocycles. The van der Waals surface area contributed by atoms with E-state index < -0.39 is 0 Å². The normalized spacial score (nSPS) is 10.7. The number of nitrogens with zero attached hydrogens (tertiary/aromatic N) is 1. The molecule has 0 atom stereocenters. The standard InChI is InChI=1S/C16H9BrClNO/c17-14-6-5-10(7-15(14)18)16(20)13-9-19-8-11-3-1-2-4-12(11)13/h1-9H. The number of aromatic nitrogens is 1. The molecule has 98 valence electrons. The Bertz CT molecular complexity index is 811. The van der Waals surface area contributed by atoms with E-state index in [-0.39, 0.29) is 5.78 Å². The predicted molar refractivity (Wildman–Crippen MR) is 84.3 cm³/mol. The molecule has 0 amide bonds. The van der Waals surface area contributed by atoms with Crippen molar-refractivity contribution in [2.24, 2.45) is 0 Å². The monoisotopic (exact) mass is 345 g/mol. The molecular formula is C16H9BrClNO. The lowest BCUT2D eigenvalue weighted by molar-refractivity contribution is 0.104. The van der Waals surface area contributed by atoms with E-state index >= 15 is 0 Å². The quantitative estimate of drug-likeness (QED) is 0.619. The number of hydrogen-bond donors (Lipinski definition) is 0. The van der Waals surface area contributed by atoms with E-state index in [2.05, 4.69) is 20.9 Å². The van der Waals surface area contributed by atoms with Crippen molar-refractivity contribution in [3.63, 3.8) is 0 Å². The van der Waals surface area contributed by atoms with Crippen LogP contribution in [0.5, 0.6) is 0 Å². The van der Waals surface area contributed by atoms with E-state index in [9.17, 15) is 4.79 Å². The average Bonchev–Trinajstić information content (AvgIpc) is 2.49. The summed E-state index contributed by atoms with van der Waals surface area (Å²) in [7, 11) is 0. The van der Waals surface area contributed by atoms with Gasteiger partial charge < -0.3 is 0 Å². The molecule has 0 fully saturated rings. The van der Waals surface area contributed by atoms with Crippen LogP contribution in [0.4, 0.5) is 0 Å². The van der Waals surface area contributed by atoms with Gasteiger partial charge in [0.05, 0.1) is 5.02 Å². The Morgan fingerprint density at radius 1 is 1.10 bits per heavy atom. The highest BCUT2D eigenvalue weighted by Gasteiger charge is 2.14. The molecule has 2 aromatic carbocycles. The molecule has 0 N–H and O–H groups in total. The van der Waals surface area contributed by atoms with Gasteiger partial charge >= 0.3 is 0 Å². The Labute approximate surface area is 129 Å². The molecule has 0 radical (unpaired) electrons. The number of hydrogen-bond acceptors (Lipinski definition) is 2. The summed E-state index contributed by atoms with van der Waals surface area (Å²) < 4.78 is 0.770. The summed E-state index contributed by atoms with van der Waals surface area (Å²) in [4.78, 5) is 16.7. The highest BCUT2D eigenvalue weighted by Crippen LogP contribution is 2.26. The molecule has 0 saturated heterocycles. The van der Waals surface area contributed by atoms with Crippen molar-refractivity contribution in [2.75, 3.05) is 0 Å². The highest BCUT2D eigenvalue weighted by molar-refractivity contribution is 9.10. The smallest absolute Gasteiger partial charge is 0.195 e. The molecule has 0 aliphatic rings. The van der Waals surface area contributed by atoms with Gasteiger partial charge in [0.15, 0.2) is 5.78 Å². The maximum absolute atomic E-state index is 12.6. The van der Waals surface area contributed by atoms with E-state index in [1.54, 1.807) is 30.6 Å². The molecule has 3 aromatic rings. The number of pyridine rings is 1. The van der Waals surface area contributed by atoms with E-state index in [1.165, 1.54) is 0 Å². The zero-order valence-electron chi connectivity index (χ0n) is 10.3. The van der Waals surface area contributed by atoms with Crippen LogP contribution >= 0.6 is 27.5 Å². The lowest BCUT2D eigenvalue weighted by Crippen LogP contribution is -2.03. The van der Waals surface area contributed by atoms with Crippen LogP contribution in [0.15, 0.2) is 59.3 Å². The Balaban J connectivity index is 2.15. The molecule has 3 rings (SSSR count). The minimum atomic E-state index is -0.0799. The van der Waals surface area contributed by atoms with E-state index in [0.29, 0.717) is 16.1 Å². The number of ketones is 1. The Morgan fingerprint density at radius 2 is 1.90 bits per heavy atom. The van der Waals surface area contributed by atoms with Crippen molar-refractivity contribution in [1.82, 2.24) is 4.98 Å². The average molecular weight is 347 g/mol. The van der Waals surface area contributed by atoms with Crippen LogP contribution in [0, 0.1) is 0 Å². The number of halogens is 2. The highest BCUT2D eigenvalue weighted by atomic mass is 79.9. The zero-order valence-corrected chi connectivity index (χ0v) is 12.6. The number of fused-ring (bicyclic) bond motifs is 1. The van der Waals surface area contributed by atoms with Crippen molar-refractivity contribution in [1.29, 1.82) is 0 Å². The third-order valence-electron chi connectivity index (χ3n) is 3.09. The number of benzene rings is 2. The number of rotatable bonds is 2. The van der Waals surface area contributed by atoms with Gasteiger partial charge in [-0.15, -0.1) is 0 Å². The second kappa shape index (κ2) is 5.35. The molecule has 1 aromatic heterocycles. The first kappa shape index (κ1) is 13.3. The summed E-state index contributed by atoms with van der Waals surface area (Å²) in [6, 6.07) is 12.9. The number of carbonyl (C=O) groups excluding carboxylic acids is 1. The molecule has 20 heavy (non-hydrogen) atoms. The first-order valence-electron chi connectivity index (χ1n) is 5.99. The summed E-state index contributed by atoms with van der Waals surface area (Å²) in [5.74, 6) is -0.0799. The zero-order chi connectivity index (χ0) is 14.1. The fraction of sp³-hybridized carbons (Fsp3) is 0. The molecular weight excluding hydrogens is 338 g/mol. The predicted octanol–water partition coefficient (Wildman–Crippen LogP) is 4.88. The molecule has 1 heterocycles. The summed E-state index contributed by atoms with van der Waals surface area (Å²) in [5, 5.41) is 2.36. The van der Waals surface area contributed by atoms with Crippen LogP contribution in [-0.4, -0.2) is 10.8 Å². The van der Waals surface area contributed by atoms with Gasteiger partial charge in [0, 0.05) is 33.4 Å². The largest absolute Gasteiger partial charge is 0.289 e. The Morgan fingerprint density at radius 3 is 2.70 bits per heavy atom. The van der Waals surface area contributed by atoms with Crippen LogP contribution in [0.3, 0.4) is 0 Å². The maximum Gasteiger partial charge on any atom is 0.195 e. The van der Waals surface area contributed by atoms with Crippen molar-refractivity contribution in [3.05, 3.63) is 75.5 Å². The summed E-state index contributed by atoms with van der Waals surface area (Å²) in [6.45, 7) is 0. The van der Waals surface area contributed by atoms with Gasteiger partial charge in [-0.25, -0.2) is 0 Å². The third kappa shape index (κ3) is 2.35. The van der Waals surface area contributed by atoms with Gasteiger partial charge in [-0.2, -0.15) is 0 Å². The van der Waals surface area contributed by atoms with E-state index in [4.69, 9.17) is 11.6 Å². The summed E-state index contributed by atoms with van der Waals surface area (Å²) in [5.41, 5.74) is 1.14. The molecule has 0 saturated carbocycles. The van der Waals surface area contributed by atoms with Gasteiger partial charge in [-0.1, -0.05) is 35.9 Å². The van der Waals surface area contributed by atoms with Crippen LogP contribution in [0.2, 0.25) is 5.02 Å². The number of carbonyl (C=O) groups is 1. The Kier molecular flexibility index (Phi) is 3.55. The van der Waals surface area contributed by atoms with Gasteiger partial charge in [0.1, 0.15) is 0 Å². The molecule has 0 aliphatic heterocycles. The Hall–Kier alpha value is -1.71. The summed E-state index contributed by atoms with van der Waals surface area (Å²) >= 11 is 9.37. The van der Waals surface area contributed by atoms with Crippen molar-refractivity contribution >= 4 is 44.1 Å². The third-order valence-corrected chi connectivity index (χ3v) is 4.33. The van der Waals surface area contributed by atoms with Crippen LogP contribution < -0.4 is 0 Å². The fourth-order valence-corrected chi connectivity index (χ4v) is 2.52. The van der Waals surface area contributed by atoms with Gasteiger partial charge in [0.25, 0.3) is 0 Å². The van der Waals surface area contributed by atoms with Gasteiger partial charge in [-0.3, -0.25) is 9.78 Å². The van der Waals surface area contributed by atoms with E-state index in [0.717, 1.165) is 15.2 Å². The van der Waals surface area contributed by atoms with Crippen molar-refractivity contribution < 1.29 is 4.79 Å². The molecule has 0 spiro atoms. The summed E-state index contributed by atoms with van der Waals surface area (Å²) in [6.07, 6.45) is 3.35. The molecule has 0 unspecified atom stereocenters. The molecule has 4 heteroatoms. The minimum absolute atomic E-state index is 0.0799. The lowest BCUT2D eigenvalue weighted by Gasteiger charge is -2.06. The molecule has 2 nitrogen and oxygen atoms in total. The van der Waals surface area contributed by atoms with Crippen LogP contribution in [0.25, 0.3) is 10.8 Å². The topological polar surface area (TPSA) is 30.0 Å². The minimum Gasteiger partial charge on any atom is -0.289 e. The van der Waals surface area contributed by atoms with Crippen LogP contribution in [-0.2, 0) is 0 Å². The van der Waals surface area contributed by atoms with Crippen molar-refractivity contribution in [3.8, 4) is 0 Å². The van der Waals surface area contributed by atoms with E-state index in [1.807, 2.05) is 24.3 Å². The second-order valence-corrected chi connectivity index (χ2v) is 5.63. The lowest BCUT2D eigenvalue weighted by atomic mass is 10.00. The fourth-order valence-electron chi connectivity index (χ4n) is 2.09. The van der Waals surface area contributed by atoms with Gasteiger partial charge in [0.2, 0.25) is 0 Å². The first-order valence-corrected chi connectivity index (χ1v) is 7.16. The molecule has 0 bridgehead atoms. The van der Waals surface area contributed by atoms with Crippen LogP contribution in [0.1, 0.15) is 15.9 Å². The maximum atomic E-state index is 12.6. The second-order valence-electron chi connectivity index (χ2n) is 4.37. The SMILES string of the molecule is O=C(c1ccc(Br)c(Cl)c1)c1cncc2ccccc12. The van der Waals surface area contributed by atoms with Gasteiger partial charge in [-0.05, 0) is 39.5 Å². The van der Waals surface area contributed by atoms with Crippen molar-refractivity contribution in [2.45, 2.75) is 0 Å².